The lowest BCUT2D eigenvalue weighted by Crippen LogP contribution is -2.30. The van der Waals surface area contributed by atoms with Crippen molar-refractivity contribution in [3.05, 3.63) is 64.8 Å². The van der Waals surface area contributed by atoms with Gasteiger partial charge in [0.1, 0.15) is 5.82 Å². The summed E-state index contributed by atoms with van der Waals surface area (Å²) in [4.78, 5) is 13.0. The number of carbonyl (C=O) groups excluding carboxylic acids is 1. The number of nitrogens with one attached hydrogen (secondary N) is 1. The van der Waals surface area contributed by atoms with Crippen LogP contribution in [-0.2, 0) is 16.6 Å². The van der Waals surface area contributed by atoms with Gasteiger partial charge in [-0.1, -0.05) is 32.0 Å². The van der Waals surface area contributed by atoms with Gasteiger partial charge in [0.15, 0.2) is 0 Å². The molecule has 3 rings (SSSR count). The van der Waals surface area contributed by atoms with E-state index < -0.39 is 10.0 Å². The van der Waals surface area contributed by atoms with Crippen molar-refractivity contribution in [2.45, 2.75) is 25.3 Å². The Labute approximate surface area is 167 Å². The first kappa shape index (κ1) is 20.4. The van der Waals surface area contributed by atoms with Gasteiger partial charge in [0.05, 0.1) is 9.77 Å². The smallest absolute Gasteiger partial charge is 0.261 e. The van der Waals surface area contributed by atoms with Gasteiger partial charge in [0.2, 0.25) is 10.0 Å². The molecule has 0 unspecified atom stereocenters. The van der Waals surface area contributed by atoms with Crippen molar-refractivity contribution in [3.8, 4) is 0 Å². The predicted octanol–water partition coefficient (Wildman–Crippen LogP) is 4.00. The van der Waals surface area contributed by atoms with Crippen molar-refractivity contribution < 1.29 is 17.6 Å². The first-order valence-electron chi connectivity index (χ1n) is 8.92. The highest BCUT2D eigenvalue weighted by Gasteiger charge is 2.21. The van der Waals surface area contributed by atoms with Gasteiger partial charge in [-0.2, -0.15) is 4.31 Å². The number of thiophene rings is 1. The summed E-state index contributed by atoms with van der Waals surface area (Å²) < 4.78 is 40.9. The summed E-state index contributed by atoms with van der Waals surface area (Å²) in [5, 5.41) is 3.22. The standard InChI is InChI=1S/C20H21FN2O3S2/c1-3-23(4-2)28(25,26)15-10-8-14(9-11-15)13-22-20(24)19-12-16-17(21)6-5-7-18(16)27-19/h5-12H,3-4,13H2,1-2H3,(H,22,24). The van der Waals surface area contributed by atoms with E-state index in [0.717, 1.165) is 10.3 Å². The Morgan fingerprint density at radius 1 is 1.11 bits per heavy atom. The summed E-state index contributed by atoms with van der Waals surface area (Å²) in [5.74, 6) is -0.641. The van der Waals surface area contributed by atoms with E-state index in [-0.39, 0.29) is 23.2 Å². The summed E-state index contributed by atoms with van der Waals surface area (Å²) >= 11 is 1.23. The lowest BCUT2D eigenvalue weighted by molar-refractivity contribution is 0.0955. The van der Waals surface area contributed by atoms with Gasteiger partial charge in [-0.25, -0.2) is 12.8 Å². The number of hydrogen-bond acceptors (Lipinski definition) is 4. The molecule has 0 fully saturated rings. The number of rotatable bonds is 7. The predicted molar refractivity (Wildman–Crippen MR) is 110 cm³/mol. The molecule has 0 atom stereocenters. The second kappa shape index (κ2) is 8.38. The fourth-order valence-electron chi connectivity index (χ4n) is 2.90. The Morgan fingerprint density at radius 2 is 1.79 bits per heavy atom. The van der Waals surface area contributed by atoms with Crippen LogP contribution in [0.3, 0.4) is 0 Å². The van der Waals surface area contributed by atoms with Gasteiger partial charge in [0.25, 0.3) is 5.91 Å². The molecule has 0 aliphatic rings. The SMILES string of the molecule is CCN(CC)S(=O)(=O)c1ccc(CNC(=O)c2cc3c(F)cccc3s2)cc1. The molecule has 1 N–H and O–H groups in total. The minimum Gasteiger partial charge on any atom is -0.347 e. The fraction of sp³-hybridized carbons (Fsp3) is 0.250. The van der Waals surface area contributed by atoms with Crippen LogP contribution in [0.15, 0.2) is 53.4 Å². The average molecular weight is 421 g/mol. The Morgan fingerprint density at radius 3 is 2.39 bits per heavy atom. The van der Waals surface area contributed by atoms with Crippen LogP contribution in [0.1, 0.15) is 29.1 Å². The summed E-state index contributed by atoms with van der Waals surface area (Å²) in [6.07, 6.45) is 0. The first-order chi connectivity index (χ1) is 13.4. The van der Waals surface area contributed by atoms with E-state index in [2.05, 4.69) is 5.32 Å². The second-order valence-corrected chi connectivity index (χ2v) is 9.20. The topological polar surface area (TPSA) is 66.5 Å². The van der Waals surface area contributed by atoms with E-state index in [0.29, 0.717) is 23.4 Å². The lowest BCUT2D eigenvalue weighted by Gasteiger charge is -2.18. The maximum absolute atomic E-state index is 13.8. The molecule has 1 amide bonds. The minimum absolute atomic E-state index is 0.228. The van der Waals surface area contributed by atoms with Gasteiger partial charge in [-0.15, -0.1) is 11.3 Å². The Hall–Kier alpha value is -2.29. The molecule has 3 aromatic rings. The number of amides is 1. The van der Waals surface area contributed by atoms with Crippen LogP contribution in [0.4, 0.5) is 4.39 Å². The quantitative estimate of drug-likeness (QED) is 0.628. The number of nitrogens with zero attached hydrogens (tertiary/aromatic N) is 1. The average Bonchev–Trinajstić information content (AvgIpc) is 3.13. The molecule has 0 aliphatic carbocycles. The van der Waals surface area contributed by atoms with Crippen molar-refractivity contribution in [1.82, 2.24) is 9.62 Å². The third kappa shape index (κ3) is 4.09. The van der Waals surface area contributed by atoms with E-state index in [1.54, 1.807) is 56.3 Å². The summed E-state index contributed by atoms with van der Waals surface area (Å²) in [5.41, 5.74) is 0.777. The van der Waals surface area contributed by atoms with Gasteiger partial charge in [-0.05, 0) is 35.9 Å². The largest absolute Gasteiger partial charge is 0.347 e. The molecule has 1 heterocycles. The summed E-state index contributed by atoms with van der Waals surface area (Å²) in [7, 11) is -3.50. The number of carbonyl (C=O) groups is 1. The van der Waals surface area contributed by atoms with E-state index in [1.165, 1.54) is 21.7 Å². The Kier molecular flexibility index (Phi) is 6.12. The van der Waals surface area contributed by atoms with Crippen molar-refractivity contribution in [2.24, 2.45) is 0 Å². The number of halogens is 1. The maximum Gasteiger partial charge on any atom is 0.261 e. The molecule has 5 nitrogen and oxygen atoms in total. The zero-order valence-electron chi connectivity index (χ0n) is 15.6. The Bertz CT molecular complexity index is 1090. The number of benzene rings is 2. The first-order valence-corrected chi connectivity index (χ1v) is 11.2. The van der Waals surface area contributed by atoms with Gasteiger partial charge in [0, 0.05) is 29.7 Å². The number of sulfonamides is 1. The molecular weight excluding hydrogens is 399 g/mol. The van der Waals surface area contributed by atoms with Crippen molar-refractivity contribution >= 4 is 37.4 Å². The molecule has 8 heteroatoms. The molecule has 0 bridgehead atoms. The molecule has 0 aliphatic heterocycles. The van der Waals surface area contributed by atoms with Crippen LogP contribution in [0.5, 0.6) is 0 Å². The van der Waals surface area contributed by atoms with Crippen LogP contribution in [0.25, 0.3) is 10.1 Å². The van der Waals surface area contributed by atoms with Crippen LogP contribution >= 0.6 is 11.3 Å². The van der Waals surface area contributed by atoms with E-state index in [4.69, 9.17) is 0 Å². The highest BCUT2D eigenvalue weighted by atomic mass is 32.2. The molecule has 1 aromatic heterocycles. The van der Waals surface area contributed by atoms with E-state index in [1.807, 2.05) is 0 Å². The summed E-state index contributed by atoms with van der Waals surface area (Å²) in [6.45, 7) is 4.66. The normalized spacial score (nSPS) is 11.9. The third-order valence-corrected chi connectivity index (χ3v) is 7.61. The van der Waals surface area contributed by atoms with Crippen LogP contribution < -0.4 is 5.32 Å². The summed E-state index contributed by atoms with van der Waals surface area (Å²) in [6, 6.07) is 12.8. The van der Waals surface area contributed by atoms with Gasteiger partial charge in [-0.3, -0.25) is 4.79 Å². The molecule has 0 spiro atoms. The third-order valence-electron chi connectivity index (χ3n) is 4.45. The second-order valence-electron chi connectivity index (χ2n) is 6.18. The van der Waals surface area contributed by atoms with Gasteiger partial charge < -0.3 is 5.32 Å². The number of hydrogen-bond donors (Lipinski definition) is 1. The fourth-order valence-corrected chi connectivity index (χ4v) is 5.35. The molecule has 0 saturated carbocycles. The number of fused-ring (bicyclic) bond motifs is 1. The molecule has 28 heavy (non-hydrogen) atoms. The van der Waals surface area contributed by atoms with Crippen LogP contribution in [0.2, 0.25) is 0 Å². The van der Waals surface area contributed by atoms with Crippen molar-refractivity contribution in [3.63, 3.8) is 0 Å². The lowest BCUT2D eigenvalue weighted by atomic mass is 10.2. The maximum atomic E-state index is 13.8. The van der Waals surface area contributed by atoms with Crippen LogP contribution in [0, 0.1) is 5.82 Å². The zero-order valence-corrected chi connectivity index (χ0v) is 17.2. The highest BCUT2D eigenvalue weighted by molar-refractivity contribution is 7.89. The molecular formula is C20H21FN2O3S2. The van der Waals surface area contributed by atoms with E-state index in [9.17, 15) is 17.6 Å². The van der Waals surface area contributed by atoms with Gasteiger partial charge >= 0.3 is 0 Å². The van der Waals surface area contributed by atoms with E-state index >= 15 is 0 Å². The highest BCUT2D eigenvalue weighted by Crippen LogP contribution is 2.27. The van der Waals surface area contributed by atoms with Crippen molar-refractivity contribution in [2.75, 3.05) is 13.1 Å². The monoisotopic (exact) mass is 420 g/mol. The zero-order chi connectivity index (χ0) is 20.3. The molecule has 2 aromatic carbocycles. The molecule has 0 saturated heterocycles. The molecule has 0 radical (unpaired) electrons. The van der Waals surface area contributed by atoms with Crippen LogP contribution in [-0.4, -0.2) is 31.7 Å². The minimum atomic E-state index is -3.50. The van der Waals surface area contributed by atoms with Crippen molar-refractivity contribution in [1.29, 1.82) is 0 Å². The Balaban J connectivity index is 1.69. The molecule has 148 valence electrons.